The molecule has 1 heterocycles. The van der Waals surface area contributed by atoms with Gasteiger partial charge in [0.1, 0.15) is 5.66 Å². The first-order valence-corrected chi connectivity index (χ1v) is 6.80. The van der Waals surface area contributed by atoms with Crippen molar-refractivity contribution in [2.24, 2.45) is 10.7 Å². The van der Waals surface area contributed by atoms with Crippen molar-refractivity contribution < 1.29 is 0 Å². The van der Waals surface area contributed by atoms with E-state index >= 15 is 0 Å². The smallest absolute Gasteiger partial charge is 0.199 e. The Hall–Kier alpha value is -1.78. The van der Waals surface area contributed by atoms with Crippen LogP contribution in [-0.2, 0) is 0 Å². The molecule has 0 unspecified atom stereocenters. The van der Waals surface area contributed by atoms with Crippen molar-refractivity contribution in [1.29, 1.82) is 5.41 Å². The van der Waals surface area contributed by atoms with Gasteiger partial charge in [-0.1, -0.05) is 31.9 Å². The van der Waals surface area contributed by atoms with Gasteiger partial charge in [0.15, 0.2) is 11.9 Å². The van der Waals surface area contributed by atoms with Gasteiger partial charge in [-0.3, -0.25) is 10.7 Å². The lowest BCUT2D eigenvalue weighted by molar-refractivity contribution is 0.169. The summed E-state index contributed by atoms with van der Waals surface area (Å²) in [5, 5.41) is 10.9. The Balaban J connectivity index is 3.00. The summed E-state index contributed by atoms with van der Waals surface area (Å²) in [7, 11) is 0. The molecule has 4 N–H and O–H groups in total. The van der Waals surface area contributed by atoms with Crippen LogP contribution in [0.5, 0.6) is 0 Å². The van der Waals surface area contributed by atoms with Crippen molar-refractivity contribution in [2.45, 2.75) is 44.7 Å². The van der Waals surface area contributed by atoms with Gasteiger partial charge < -0.3 is 10.6 Å². The summed E-state index contributed by atoms with van der Waals surface area (Å²) >= 11 is 0. The summed E-state index contributed by atoms with van der Waals surface area (Å²) in [6.07, 6.45) is 8.27. The Morgan fingerprint density at radius 2 is 2.00 bits per heavy atom. The average Bonchev–Trinajstić information content (AvgIpc) is 2.33. The molecule has 5 heteroatoms. The van der Waals surface area contributed by atoms with Gasteiger partial charge in [-0.2, -0.15) is 0 Å². The largest absolute Gasteiger partial charge is 0.370 e. The van der Waals surface area contributed by atoms with Crippen molar-refractivity contribution in [3.63, 3.8) is 0 Å². The maximum absolute atomic E-state index is 8.11. The van der Waals surface area contributed by atoms with E-state index in [1.54, 1.807) is 0 Å². The van der Waals surface area contributed by atoms with Crippen molar-refractivity contribution in [1.82, 2.24) is 10.2 Å². The topological polar surface area (TPSA) is 77.5 Å². The van der Waals surface area contributed by atoms with E-state index in [1.807, 2.05) is 17.1 Å². The summed E-state index contributed by atoms with van der Waals surface area (Å²) in [4.78, 5) is 6.50. The Kier molecular flexibility index (Phi) is 5.60. The summed E-state index contributed by atoms with van der Waals surface area (Å²) in [5.41, 5.74) is 5.24. The van der Waals surface area contributed by atoms with E-state index in [0.717, 1.165) is 25.8 Å². The SMILES string of the molecule is C=CCC1(CC=C)N=C(N)NC(=N)N1CCCCC. The van der Waals surface area contributed by atoms with Crippen LogP contribution in [0.15, 0.2) is 30.3 Å². The predicted octanol–water partition coefficient (Wildman–Crippen LogP) is 2.18. The minimum absolute atomic E-state index is 0.292. The highest BCUT2D eigenvalue weighted by Crippen LogP contribution is 2.29. The third-order valence-electron chi connectivity index (χ3n) is 3.28. The molecule has 5 nitrogen and oxygen atoms in total. The first kappa shape index (κ1) is 15.3. The monoisotopic (exact) mass is 263 g/mol. The maximum atomic E-state index is 8.11. The van der Waals surface area contributed by atoms with Gasteiger partial charge in [0.2, 0.25) is 0 Å². The number of unbranched alkanes of at least 4 members (excludes halogenated alkanes) is 2. The Morgan fingerprint density at radius 1 is 1.37 bits per heavy atom. The van der Waals surface area contributed by atoms with Gasteiger partial charge in [0, 0.05) is 19.4 Å². The van der Waals surface area contributed by atoms with Gasteiger partial charge in [0.25, 0.3) is 0 Å². The number of nitrogens with zero attached hydrogens (tertiary/aromatic N) is 2. The number of rotatable bonds is 8. The molecule has 0 amide bonds. The zero-order valence-corrected chi connectivity index (χ0v) is 11.8. The van der Waals surface area contributed by atoms with Gasteiger partial charge in [0.05, 0.1) is 0 Å². The number of guanidine groups is 2. The zero-order chi connectivity index (χ0) is 14.3. The van der Waals surface area contributed by atoms with E-state index in [1.165, 1.54) is 0 Å². The Labute approximate surface area is 115 Å². The normalized spacial score (nSPS) is 17.6. The first-order chi connectivity index (χ1) is 9.09. The van der Waals surface area contributed by atoms with Crippen LogP contribution in [0.1, 0.15) is 39.0 Å². The summed E-state index contributed by atoms with van der Waals surface area (Å²) in [6.45, 7) is 10.6. The first-order valence-electron chi connectivity index (χ1n) is 6.80. The van der Waals surface area contributed by atoms with Gasteiger partial charge >= 0.3 is 0 Å². The average molecular weight is 263 g/mol. The molecule has 1 aliphatic rings. The molecule has 19 heavy (non-hydrogen) atoms. The lowest BCUT2D eigenvalue weighted by atomic mass is 9.98. The van der Waals surface area contributed by atoms with E-state index in [-0.39, 0.29) is 0 Å². The fraction of sp³-hybridized carbons (Fsp3) is 0.571. The number of aliphatic imine (C=N–C) groups is 1. The minimum Gasteiger partial charge on any atom is -0.370 e. The van der Waals surface area contributed by atoms with Crippen LogP contribution in [0.2, 0.25) is 0 Å². The Bertz CT molecular complexity index is 362. The third-order valence-corrected chi connectivity index (χ3v) is 3.28. The van der Waals surface area contributed by atoms with Crippen molar-refractivity contribution in [2.75, 3.05) is 6.54 Å². The molecule has 0 aliphatic carbocycles. The lowest BCUT2D eigenvalue weighted by Gasteiger charge is -2.44. The molecule has 0 aromatic carbocycles. The predicted molar refractivity (Wildman–Crippen MR) is 81.1 cm³/mol. The van der Waals surface area contributed by atoms with Crippen LogP contribution in [0, 0.1) is 5.41 Å². The minimum atomic E-state index is -0.538. The quantitative estimate of drug-likeness (QED) is 0.464. The molecule has 0 fully saturated rings. The van der Waals surface area contributed by atoms with E-state index in [9.17, 15) is 0 Å². The Morgan fingerprint density at radius 3 is 2.53 bits per heavy atom. The second kappa shape index (κ2) is 6.97. The molecular weight excluding hydrogens is 238 g/mol. The van der Waals surface area contributed by atoms with Crippen LogP contribution in [0.25, 0.3) is 0 Å². The fourth-order valence-corrected chi connectivity index (χ4v) is 2.41. The molecule has 0 saturated heterocycles. The van der Waals surface area contributed by atoms with Crippen molar-refractivity contribution in [3.05, 3.63) is 25.3 Å². The third kappa shape index (κ3) is 3.59. The second-order valence-corrected chi connectivity index (χ2v) is 4.80. The van der Waals surface area contributed by atoms with Crippen molar-refractivity contribution >= 4 is 11.9 Å². The number of hydrogen-bond donors (Lipinski definition) is 3. The summed E-state index contributed by atoms with van der Waals surface area (Å²) < 4.78 is 0. The molecule has 106 valence electrons. The van der Waals surface area contributed by atoms with E-state index in [2.05, 4.69) is 30.4 Å². The number of nitrogens with two attached hydrogens (primary N) is 1. The molecule has 1 aliphatic heterocycles. The second-order valence-electron chi connectivity index (χ2n) is 4.80. The highest BCUT2D eigenvalue weighted by Gasteiger charge is 2.39. The molecule has 0 aromatic heterocycles. The van der Waals surface area contributed by atoms with E-state index < -0.39 is 5.66 Å². The van der Waals surface area contributed by atoms with Crippen molar-refractivity contribution in [3.8, 4) is 0 Å². The standard InChI is InChI=1S/C14H25N5/c1-4-7-8-11-19-13(16)17-12(15)18-14(19,9-5-2)10-6-3/h5-6H,2-4,7-11H2,1H3,(H4,15,16,17,18). The zero-order valence-electron chi connectivity index (χ0n) is 11.8. The summed E-state index contributed by atoms with van der Waals surface area (Å²) in [6, 6.07) is 0. The molecule has 0 saturated carbocycles. The maximum Gasteiger partial charge on any atom is 0.199 e. The van der Waals surface area contributed by atoms with Gasteiger partial charge in [-0.25, -0.2) is 4.99 Å². The van der Waals surface area contributed by atoms with Gasteiger partial charge in [-0.15, -0.1) is 13.2 Å². The molecular formula is C14H25N5. The highest BCUT2D eigenvalue weighted by atomic mass is 15.4. The van der Waals surface area contributed by atoms with Crippen LogP contribution in [0.4, 0.5) is 0 Å². The van der Waals surface area contributed by atoms with Crippen LogP contribution >= 0.6 is 0 Å². The molecule has 0 radical (unpaired) electrons. The van der Waals surface area contributed by atoms with Crippen LogP contribution < -0.4 is 11.1 Å². The molecule has 0 bridgehead atoms. The molecule has 0 spiro atoms. The lowest BCUT2D eigenvalue weighted by Crippen LogP contribution is -2.62. The van der Waals surface area contributed by atoms with E-state index in [4.69, 9.17) is 11.1 Å². The van der Waals surface area contributed by atoms with Gasteiger partial charge in [-0.05, 0) is 6.42 Å². The van der Waals surface area contributed by atoms with Crippen LogP contribution in [-0.4, -0.2) is 29.0 Å². The number of nitrogens with one attached hydrogen (secondary N) is 2. The highest BCUT2D eigenvalue weighted by molar-refractivity contribution is 5.98. The van der Waals surface area contributed by atoms with Crippen LogP contribution in [0.3, 0.4) is 0 Å². The summed E-state index contributed by atoms with van der Waals surface area (Å²) in [5.74, 6) is 0.604. The van der Waals surface area contributed by atoms with E-state index in [0.29, 0.717) is 24.8 Å². The number of hydrogen-bond acceptors (Lipinski definition) is 3. The fourth-order valence-electron chi connectivity index (χ4n) is 2.41. The molecule has 0 aromatic rings. The molecule has 0 atom stereocenters. The molecule has 1 rings (SSSR count).